The first-order valence-electron chi connectivity index (χ1n) is 14.1. The first-order valence-corrected chi connectivity index (χ1v) is 14.1. The molecule has 1 aromatic rings. The van der Waals surface area contributed by atoms with Crippen molar-refractivity contribution in [2.24, 2.45) is 35.3 Å². The minimum Gasteiger partial charge on any atom is -0.507 e. The Morgan fingerprint density at radius 2 is 1.80 bits per heavy atom. The van der Waals surface area contributed by atoms with Gasteiger partial charge >= 0.3 is 0 Å². The van der Waals surface area contributed by atoms with Crippen molar-refractivity contribution in [2.45, 2.75) is 64.8 Å². The topological polar surface area (TPSA) is 168 Å². The molecule has 1 amide bonds. The Balaban J connectivity index is 1.83. The van der Waals surface area contributed by atoms with Crippen LogP contribution in [0.1, 0.15) is 55.6 Å². The number of fused-ring (bicyclic) bond motifs is 3. The van der Waals surface area contributed by atoms with Crippen molar-refractivity contribution in [3.63, 3.8) is 0 Å². The molecule has 2 unspecified atom stereocenters. The van der Waals surface area contributed by atoms with Crippen LogP contribution >= 0.6 is 0 Å². The normalized spacial score (nSPS) is 30.4. The van der Waals surface area contributed by atoms with E-state index in [2.05, 4.69) is 25.7 Å². The summed E-state index contributed by atoms with van der Waals surface area (Å²) >= 11 is 0. The van der Waals surface area contributed by atoms with E-state index in [4.69, 9.17) is 10.5 Å². The number of ketones is 4. The summed E-state index contributed by atoms with van der Waals surface area (Å²) in [6.45, 7) is 9.63. The van der Waals surface area contributed by atoms with Crippen LogP contribution in [0.4, 0.5) is 0 Å². The molecular weight excluding hydrogens is 530 g/mol. The number of phenols is 1. The number of methoxy groups -OCH3 is 1. The average Bonchev–Trinajstić information content (AvgIpc) is 2.88. The van der Waals surface area contributed by atoms with E-state index >= 15 is 0 Å². The van der Waals surface area contributed by atoms with Crippen LogP contribution in [0.3, 0.4) is 0 Å². The maximum absolute atomic E-state index is 14.0. The molecule has 3 aliphatic carbocycles. The van der Waals surface area contributed by atoms with Gasteiger partial charge in [0, 0.05) is 29.6 Å². The van der Waals surface area contributed by atoms with E-state index in [1.54, 1.807) is 14.1 Å². The summed E-state index contributed by atoms with van der Waals surface area (Å²) in [5.74, 6) is -9.85. The van der Waals surface area contributed by atoms with E-state index < -0.39 is 64.4 Å². The fourth-order valence-electron chi connectivity index (χ4n) is 7.27. The number of aliphatic hydroxyl groups is 1. The quantitative estimate of drug-likeness (QED) is 0.379. The highest BCUT2D eigenvalue weighted by Crippen LogP contribution is 2.52. The van der Waals surface area contributed by atoms with Gasteiger partial charge in [0.1, 0.15) is 11.5 Å². The lowest BCUT2D eigenvalue weighted by Gasteiger charge is -2.52. The molecule has 3 aliphatic rings. The van der Waals surface area contributed by atoms with Gasteiger partial charge in [-0.3, -0.25) is 33.8 Å². The zero-order valence-electron chi connectivity index (χ0n) is 24.8. The highest BCUT2D eigenvalue weighted by Gasteiger charge is 2.69. The van der Waals surface area contributed by atoms with Gasteiger partial charge in [-0.1, -0.05) is 20.8 Å². The summed E-state index contributed by atoms with van der Waals surface area (Å²) in [5.41, 5.74) is 3.71. The number of nitrogens with zero attached hydrogens (tertiary/aromatic N) is 2. The van der Waals surface area contributed by atoms with Crippen molar-refractivity contribution in [3.8, 4) is 11.5 Å². The van der Waals surface area contributed by atoms with Gasteiger partial charge in [0.25, 0.3) is 0 Å². The zero-order valence-corrected chi connectivity index (χ0v) is 24.8. The number of rotatable bonds is 8. The number of aromatic hydroxyl groups is 1. The maximum Gasteiger partial charge on any atom is 0.235 e. The molecule has 0 heterocycles. The lowest BCUT2D eigenvalue weighted by atomic mass is 9.52. The Bertz CT molecular complexity index is 1310. The Hall–Kier alpha value is -3.15. The number of hydrogen-bond acceptors (Lipinski definition) is 10. The molecule has 11 nitrogen and oxygen atoms in total. The van der Waals surface area contributed by atoms with E-state index in [0.717, 1.165) is 6.54 Å². The number of phenolic OH excluding ortho intramolecular Hbond substituents is 1. The van der Waals surface area contributed by atoms with Gasteiger partial charge in [-0.2, -0.15) is 0 Å². The van der Waals surface area contributed by atoms with E-state index in [0.29, 0.717) is 29.3 Å². The SMILES string of the molecule is CCN(Cc1cc(O)c2c(c1OC)C[C@H]1C[C@H]3[C@H](N(C)C)C(=O)C(C(N)=O)C(=O)[C@@]3(O)C(=O)C1C2=O)[C@H](C)C(C)C. The molecule has 0 spiro atoms. The molecule has 2 fully saturated rings. The van der Waals surface area contributed by atoms with Crippen molar-refractivity contribution in [1.29, 1.82) is 0 Å². The molecule has 7 atom stereocenters. The predicted octanol–water partition coefficient (Wildman–Crippen LogP) is 0.742. The lowest BCUT2D eigenvalue weighted by Crippen LogP contribution is -2.74. The van der Waals surface area contributed by atoms with Crippen LogP contribution in [0.15, 0.2) is 6.07 Å². The monoisotopic (exact) mass is 571 g/mol. The molecule has 0 radical (unpaired) electrons. The van der Waals surface area contributed by atoms with E-state index in [9.17, 15) is 34.2 Å². The molecule has 1 aromatic carbocycles. The van der Waals surface area contributed by atoms with Gasteiger partial charge in [-0.05, 0) is 58.3 Å². The molecule has 4 rings (SSSR count). The minimum absolute atomic E-state index is 0.0104. The molecule has 224 valence electrons. The second-order valence-electron chi connectivity index (χ2n) is 12.3. The van der Waals surface area contributed by atoms with Gasteiger partial charge in [0.15, 0.2) is 34.7 Å². The van der Waals surface area contributed by atoms with E-state index in [1.165, 1.54) is 18.1 Å². The van der Waals surface area contributed by atoms with Crippen molar-refractivity contribution in [3.05, 3.63) is 22.8 Å². The number of likely N-dealkylation sites (N-methyl/N-ethyl adjacent to an activating group) is 1. The van der Waals surface area contributed by atoms with Crippen LogP contribution in [-0.4, -0.2) is 94.5 Å². The van der Waals surface area contributed by atoms with Crippen molar-refractivity contribution in [2.75, 3.05) is 27.7 Å². The third-order valence-corrected chi connectivity index (χ3v) is 9.61. The first kappa shape index (κ1) is 30.8. The Labute approximate surface area is 240 Å². The second-order valence-corrected chi connectivity index (χ2v) is 12.3. The molecule has 0 aromatic heterocycles. The number of Topliss-reactive ketones (excluding diaryl/α,β-unsaturated/α-hetero) is 4. The zero-order chi connectivity index (χ0) is 30.7. The van der Waals surface area contributed by atoms with Crippen molar-refractivity contribution >= 4 is 29.0 Å². The van der Waals surface area contributed by atoms with Crippen LogP contribution < -0.4 is 10.5 Å². The number of benzene rings is 1. The molecular formula is C30H41N3O8. The number of amides is 1. The minimum atomic E-state index is -2.74. The van der Waals surface area contributed by atoms with Crippen LogP contribution in [-0.2, 0) is 32.1 Å². The summed E-state index contributed by atoms with van der Waals surface area (Å²) in [4.78, 5) is 70.3. The molecule has 0 bridgehead atoms. The number of carbonyl (C=O) groups excluding carboxylic acids is 5. The standard InChI is InChI=1S/C30H41N3O8/c1-8-33(14(4)13(2)3)12-16-11-19(34)21-17(26(16)41-7)9-15-10-18-23(32(5)6)25(36)22(29(31)39)28(38)30(18,40)27(37)20(15)24(21)35/h11,13-15,18,20,22-23,34,40H,8-10,12H2,1-7H3,(H2,31,39)/t14-,15+,18+,20?,22?,23+,30+/m1/s1. The summed E-state index contributed by atoms with van der Waals surface area (Å²) in [6.07, 6.45) is 0.145. The third-order valence-electron chi connectivity index (χ3n) is 9.61. The summed E-state index contributed by atoms with van der Waals surface area (Å²) in [7, 11) is 4.60. The summed E-state index contributed by atoms with van der Waals surface area (Å²) < 4.78 is 5.81. The molecule has 11 heteroatoms. The number of hydrogen-bond donors (Lipinski definition) is 3. The number of nitrogens with two attached hydrogens (primary N) is 1. The Kier molecular flexibility index (Phi) is 8.20. The summed E-state index contributed by atoms with van der Waals surface area (Å²) in [5, 5.41) is 22.8. The highest BCUT2D eigenvalue weighted by molar-refractivity contribution is 6.32. The number of ether oxygens (including phenoxy) is 1. The molecule has 4 N–H and O–H groups in total. The van der Waals surface area contributed by atoms with Gasteiger partial charge in [-0.15, -0.1) is 0 Å². The smallest absolute Gasteiger partial charge is 0.235 e. The molecule has 2 saturated carbocycles. The lowest BCUT2D eigenvalue weighted by molar-refractivity contribution is -0.181. The Morgan fingerprint density at radius 3 is 2.32 bits per heavy atom. The van der Waals surface area contributed by atoms with Crippen LogP contribution in [0.25, 0.3) is 0 Å². The van der Waals surface area contributed by atoms with Gasteiger partial charge < -0.3 is 20.7 Å². The van der Waals surface area contributed by atoms with E-state index in [1.807, 2.05) is 6.92 Å². The molecule has 41 heavy (non-hydrogen) atoms. The number of carbonyl (C=O) groups is 5. The number of primary amides is 1. The maximum atomic E-state index is 14.0. The fourth-order valence-corrected chi connectivity index (χ4v) is 7.27. The van der Waals surface area contributed by atoms with Crippen LogP contribution in [0.2, 0.25) is 0 Å². The molecule has 0 saturated heterocycles. The van der Waals surface area contributed by atoms with Crippen molar-refractivity contribution < 1.29 is 38.9 Å². The third kappa shape index (κ3) is 4.58. The largest absolute Gasteiger partial charge is 0.507 e. The molecule has 0 aliphatic heterocycles. The summed E-state index contributed by atoms with van der Waals surface area (Å²) in [6, 6.07) is 0.566. The van der Waals surface area contributed by atoms with Gasteiger partial charge in [-0.25, -0.2) is 0 Å². The first-order chi connectivity index (χ1) is 19.1. The van der Waals surface area contributed by atoms with Gasteiger partial charge in [0.05, 0.1) is 24.6 Å². The van der Waals surface area contributed by atoms with Crippen LogP contribution in [0.5, 0.6) is 11.5 Å². The van der Waals surface area contributed by atoms with Crippen LogP contribution in [0, 0.1) is 29.6 Å². The second kappa shape index (κ2) is 10.9. The predicted molar refractivity (Wildman–Crippen MR) is 148 cm³/mol. The Morgan fingerprint density at radius 1 is 1.17 bits per heavy atom. The van der Waals surface area contributed by atoms with Gasteiger partial charge in [0.2, 0.25) is 5.91 Å². The highest BCUT2D eigenvalue weighted by atomic mass is 16.5. The van der Waals surface area contributed by atoms with Crippen molar-refractivity contribution in [1.82, 2.24) is 9.80 Å². The average molecular weight is 572 g/mol. The fraction of sp³-hybridized carbons (Fsp3) is 0.633. The van der Waals surface area contributed by atoms with E-state index in [-0.39, 0.29) is 30.2 Å².